The molecule has 0 radical (unpaired) electrons. The van der Waals surface area contributed by atoms with Gasteiger partial charge in [0.1, 0.15) is 5.75 Å². The van der Waals surface area contributed by atoms with Gasteiger partial charge in [-0.3, -0.25) is 9.59 Å². The molecule has 0 spiro atoms. The molecule has 0 aliphatic heterocycles. The van der Waals surface area contributed by atoms with E-state index in [1.165, 1.54) is 0 Å². The summed E-state index contributed by atoms with van der Waals surface area (Å²) < 4.78 is 5.59. The van der Waals surface area contributed by atoms with Crippen LogP contribution in [0.4, 0.5) is 0 Å². The van der Waals surface area contributed by atoms with Crippen molar-refractivity contribution in [1.29, 1.82) is 0 Å². The van der Waals surface area contributed by atoms with E-state index in [1.807, 2.05) is 32.0 Å². The zero-order valence-electron chi connectivity index (χ0n) is 12.4. The Balaban J connectivity index is 1.82. The van der Waals surface area contributed by atoms with Crippen molar-refractivity contribution in [3.05, 3.63) is 29.3 Å². The van der Waals surface area contributed by atoms with E-state index < -0.39 is 5.97 Å². The molecule has 1 aliphatic rings. The van der Waals surface area contributed by atoms with Gasteiger partial charge in [0.15, 0.2) is 6.61 Å². The number of hydrogen-bond donors (Lipinski definition) is 2. The van der Waals surface area contributed by atoms with Gasteiger partial charge in [-0.2, -0.15) is 0 Å². The fourth-order valence-electron chi connectivity index (χ4n) is 2.77. The fourth-order valence-corrected chi connectivity index (χ4v) is 2.77. The lowest BCUT2D eigenvalue weighted by atomic mass is 10.1. The molecule has 1 saturated carbocycles. The zero-order chi connectivity index (χ0) is 15.4. The Morgan fingerprint density at radius 1 is 1.29 bits per heavy atom. The highest BCUT2D eigenvalue weighted by atomic mass is 16.5. The second kappa shape index (κ2) is 6.61. The van der Waals surface area contributed by atoms with Crippen molar-refractivity contribution < 1.29 is 19.4 Å². The van der Waals surface area contributed by atoms with Crippen LogP contribution in [0.5, 0.6) is 5.75 Å². The number of benzene rings is 1. The number of carboxylic acid groups (broad SMARTS) is 1. The van der Waals surface area contributed by atoms with Gasteiger partial charge in [-0.05, 0) is 44.2 Å². The van der Waals surface area contributed by atoms with Crippen LogP contribution in [0, 0.1) is 19.8 Å². The largest absolute Gasteiger partial charge is 0.483 e. The van der Waals surface area contributed by atoms with Gasteiger partial charge in [0.2, 0.25) is 0 Å². The molecule has 1 aliphatic carbocycles. The maximum absolute atomic E-state index is 11.9. The summed E-state index contributed by atoms with van der Waals surface area (Å²) in [7, 11) is 0. The zero-order valence-corrected chi connectivity index (χ0v) is 12.4. The van der Waals surface area contributed by atoms with Gasteiger partial charge >= 0.3 is 5.97 Å². The molecule has 0 aromatic heterocycles. The average Bonchev–Trinajstić information content (AvgIpc) is 2.87. The SMILES string of the molecule is Cc1cccc(C)c1OCC(=O)NC1CCC(C(=O)O)C1. The molecule has 2 unspecified atom stereocenters. The normalized spacial score (nSPS) is 21.0. The maximum atomic E-state index is 11.9. The Kier molecular flexibility index (Phi) is 4.83. The van der Waals surface area contributed by atoms with Crippen molar-refractivity contribution in [3.8, 4) is 5.75 Å². The van der Waals surface area contributed by atoms with E-state index in [9.17, 15) is 9.59 Å². The van der Waals surface area contributed by atoms with Crippen LogP contribution in [0.3, 0.4) is 0 Å². The lowest BCUT2D eigenvalue weighted by Gasteiger charge is -2.15. The van der Waals surface area contributed by atoms with E-state index in [4.69, 9.17) is 9.84 Å². The number of ether oxygens (including phenoxy) is 1. The van der Waals surface area contributed by atoms with Gasteiger partial charge < -0.3 is 15.2 Å². The van der Waals surface area contributed by atoms with Crippen LogP contribution in [0.15, 0.2) is 18.2 Å². The van der Waals surface area contributed by atoms with Gasteiger partial charge in [-0.15, -0.1) is 0 Å². The van der Waals surface area contributed by atoms with E-state index in [-0.39, 0.29) is 24.5 Å². The van der Waals surface area contributed by atoms with Gasteiger partial charge in [-0.1, -0.05) is 18.2 Å². The van der Waals surface area contributed by atoms with Crippen LogP contribution in [0.25, 0.3) is 0 Å². The lowest BCUT2D eigenvalue weighted by molar-refractivity contribution is -0.141. The molecule has 1 aromatic carbocycles. The highest BCUT2D eigenvalue weighted by molar-refractivity contribution is 5.78. The quantitative estimate of drug-likeness (QED) is 0.870. The summed E-state index contributed by atoms with van der Waals surface area (Å²) in [6.07, 6.45) is 1.84. The second-order valence-corrected chi connectivity index (χ2v) is 5.62. The molecular formula is C16H21NO4. The van der Waals surface area contributed by atoms with Crippen molar-refractivity contribution in [2.75, 3.05) is 6.61 Å². The third-order valence-electron chi connectivity index (χ3n) is 3.90. The van der Waals surface area contributed by atoms with Gasteiger partial charge in [0, 0.05) is 6.04 Å². The molecule has 1 aromatic rings. The van der Waals surface area contributed by atoms with Gasteiger partial charge in [0.05, 0.1) is 5.92 Å². The number of rotatable bonds is 5. The molecule has 114 valence electrons. The van der Waals surface area contributed by atoms with Crippen LogP contribution >= 0.6 is 0 Å². The second-order valence-electron chi connectivity index (χ2n) is 5.62. The first-order chi connectivity index (χ1) is 9.97. The van der Waals surface area contributed by atoms with E-state index in [1.54, 1.807) is 0 Å². The molecular weight excluding hydrogens is 270 g/mol. The first kappa shape index (κ1) is 15.4. The highest BCUT2D eigenvalue weighted by Gasteiger charge is 2.30. The number of nitrogens with one attached hydrogen (secondary N) is 1. The average molecular weight is 291 g/mol. The van der Waals surface area contributed by atoms with E-state index in [0.717, 1.165) is 16.9 Å². The summed E-state index contributed by atoms with van der Waals surface area (Å²) in [4.78, 5) is 22.8. The first-order valence-corrected chi connectivity index (χ1v) is 7.18. The lowest BCUT2D eigenvalue weighted by Crippen LogP contribution is -2.36. The molecule has 21 heavy (non-hydrogen) atoms. The molecule has 2 atom stereocenters. The number of carbonyl (C=O) groups excluding carboxylic acids is 1. The summed E-state index contributed by atoms with van der Waals surface area (Å²) in [6.45, 7) is 3.84. The molecule has 0 bridgehead atoms. The molecule has 0 heterocycles. The number of carboxylic acids is 1. The monoisotopic (exact) mass is 291 g/mol. The number of hydrogen-bond acceptors (Lipinski definition) is 3. The van der Waals surface area contributed by atoms with E-state index in [2.05, 4.69) is 5.32 Å². The van der Waals surface area contributed by atoms with Crippen LogP contribution in [-0.4, -0.2) is 29.6 Å². The molecule has 2 N–H and O–H groups in total. The standard InChI is InChI=1S/C16H21NO4/c1-10-4-3-5-11(2)15(10)21-9-14(18)17-13-7-6-12(8-13)16(19)20/h3-5,12-13H,6-9H2,1-2H3,(H,17,18)(H,19,20). The Hall–Kier alpha value is -2.04. The number of amides is 1. The van der Waals surface area contributed by atoms with Crippen molar-refractivity contribution in [3.63, 3.8) is 0 Å². The molecule has 1 fully saturated rings. The number of para-hydroxylation sites is 1. The summed E-state index contributed by atoms with van der Waals surface area (Å²) in [5, 5.41) is 11.8. The minimum atomic E-state index is -0.779. The number of aryl methyl sites for hydroxylation is 2. The van der Waals surface area contributed by atoms with Crippen LogP contribution in [0.2, 0.25) is 0 Å². The Morgan fingerprint density at radius 2 is 1.95 bits per heavy atom. The van der Waals surface area contributed by atoms with Crippen molar-refractivity contribution >= 4 is 11.9 Å². The minimum absolute atomic E-state index is 0.0417. The van der Waals surface area contributed by atoms with Crippen molar-refractivity contribution in [2.24, 2.45) is 5.92 Å². The van der Waals surface area contributed by atoms with Crippen LogP contribution in [-0.2, 0) is 9.59 Å². The molecule has 5 heteroatoms. The van der Waals surface area contributed by atoms with Crippen LogP contribution in [0.1, 0.15) is 30.4 Å². The van der Waals surface area contributed by atoms with Gasteiger partial charge in [0.25, 0.3) is 5.91 Å². The van der Waals surface area contributed by atoms with Crippen molar-refractivity contribution in [1.82, 2.24) is 5.32 Å². The summed E-state index contributed by atoms with van der Waals surface area (Å²) in [5.74, 6) is -0.579. The smallest absolute Gasteiger partial charge is 0.306 e. The Morgan fingerprint density at radius 3 is 2.52 bits per heavy atom. The number of aliphatic carboxylic acids is 1. The maximum Gasteiger partial charge on any atom is 0.306 e. The molecule has 2 rings (SSSR count). The summed E-state index contributed by atoms with van der Waals surface area (Å²) >= 11 is 0. The van der Waals surface area contributed by atoms with Crippen molar-refractivity contribution in [2.45, 2.75) is 39.2 Å². The predicted octanol–water partition coefficient (Wildman–Crippen LogP) is 2.05. The van der Waals surface area contributed by atoms with E-state index >= 15 is 0 Å². The number of carbonyl (C=O) groups is 2. The van der Waals surface area contributed by atoms with E-state index in [0.29, 0.717) is 19.3 Å². The Bertz CT molecular complexity index is 521. The summed E-state index contributed by atoms with van der Waals surface area (Å²) in [6, 6.07) is 5.77. The third kappa shape index (κ3) is 3.97. The summed E-state index contributed by atoms with van der Waals surface area (Å²) in [5.41, 5.74) is 1.99. The predicted molar refractivity (Wildman–Crippen MR) is 78.3 cm³/mol. The topological polar surface area (TPSA) is 75.6 Å². The molecule has 0 saturated heterocycles. The molecule has 5 nitrogen and oxygen atoms in total. The molecule has 1 amide bonds. The van der Waals surface area contributed by atoms with Gasteiger partial charge in [-0.25, -0.2) is 0 Å². The highest BCUT2D eigenvalue weighted by Crippen LogP contribution is 2.26. The third-order valence-corrected chi connectivity index (χ3v) is 3.90. The minimum Gasteiger partial charge on any atom is -0.483 e. The van der Waals surface area contributed by atoms with Crippen LogP contribution < -0.4 is 10.1 Å². The first-order valence-electron chi connectivity index (χ1n) is 7.18. The Labute approximate surface area is 124 Å². The fraction of sp³-hybridized carbons (Fsp3) is 0.500.